The van der Waals surface area contributed by atoms with Crippen molar-refractivity contribution in [1.29, 1.82) is 0 Å². The summed E-state index contributed by atoms with van der Waals surface area (Å²) in [7, 11) is 0. The molecule has 5 heteroatoms. The summed E-state index contributed by atoms with van der Waals surface area (Å²) >= 11 is 4.00. The summed E-state index contributed by atoms with van der Waals surface area (Å²) in [5, 5.41) is 9.86. The van der Waals surface area contributed by atoms with E-state index in [0.29, 0.717) is 9.32 Å². The molecule has 0 spiro atoms. The van der Waals surface area contributed by atoms with Gasteiger partial charge >= 0.3 is 5.97 Å². The minimum Gasteiger partial charge on any atom is -0.506 e. The fraction of sp³-hybridized carbons (Fsp3) is 0.182. The van der Waals surface area contributed by atoms with Gasteiger partial charge in [-0.05, 0) is 57.7 Å². The van der Waals surface area contributed by atoms with Gasteiger partial charge in [0.2, 0.25) is 0 Å². The second-order valence-corrected chi connectivity index (χ2v) is 5.30. The largest absolute Gasteiger partial charge is 0.506 e. The second kappa shape index (κ2) is 5.35. The van der Waals surface area contributed by atoms with Crippen LogP contribution >= 0.6 is 45.2 Å². The van der Waals surface area contributed by atoms with Gasteiger partial charge in [0.25, 0.3) is 0 Å². The van der Waals surface area contributed by atoms with Gasteiger partial charge in [0.15, 0.2) is 5.75 Å². The average molecular weight is 444 g/mol. The molecule has 1 N–H and O–H groups in total. The van der Waals surface area contributed by atoms with E-state index in [0.717, 1.165) is 14.7 Å². The molecule has 0 heterocycles. The first-order chi connectivity index (χ1) is 7.40. The predicted octanol–water partition coefficient (Wildman–Crippen LogP) is 3.48. The normalized spacial score (nSPS) is 10.0. The van der Waals surface area contributed by atoms with Crippen LogP contribution in [0.15, 0.2) is 6.58 Å². The van der Waals surface area contributed by atoms with Crippen molar-refractivity contribution in [1.82, 2.24) is 0 Å². The van der Waals surface area contributed by atoms with Crippen molar-refractivity contribution < 1.29 is 14.6 Å². The van der Waals surface area contributed by atoms with E-state index in [-0.39, 0.29) is 5.75 Å². The number of benzene rings is 1. The molecule has 0 aromatic heterocycles. The van der Waals surface area contributed by atoms with Crippen molar-refractivity contribution in [3.63, 3.8) is 0 Å². The number of aromatic hydroxyl groups is 1. The summed E-state index contributed by atoms with van der Waals surface area (Å²) in [6, 6.07) is 0. The Balaban J connectivity index is 3.57. The van der Waals surface area contributed by atoms with Crippen LogP contribution in [0.25, 0.3) is 6.08 Å². The Kier molecular flexibility index (Phi) is 4.60. The molecule has 0 aliphatic carbocycles. The van der Waals surface area contributed by atoms with E-state index >= 15 is 0 Å². The van der Waals surface area contributed by atoms with Crippen LogP contribution in [0.3, 0.4) is 0 Å². The van der Waals surface area contributed by atoms with E-state index in [2.05, 4.69) is 29.2 Å². The van der Waals surface area contributed by atoms with Crippen LogP contribution in [0.5, 0.6) is 11.5 Å². The minimum atomic E-state index is -0.416. The van der Waals surface area contributed by atoms with Gasteiger partial charge < -0.3 is 9.84 Å². The maximum Gasteiger partial charge on any atom is 0.308 e. The molecule has 3 nitrogen and oxygen atoms in total. The molecule has 0 aliphatic rings. The zero-order chi connectivity index (χ0) is 12.5. The van der Waals surface area contributed by atoms with Crippen LogP contribution in [0.1, 0.15) is 18.1 Å². The topological polar surface area (TPSA) is 46.5 Å². The molecule has 0 fully saturated rings. The lowest BCUT2D eigenvalue weighted by Crippen LogP contribution is -2.06. The van der Waals surface area contributed by atoms with Crippen LogP contribution in [0, 0.1) is 14.1 Å². The van der Waals surface area contributed by atoms with E-state index in [9.17, 15) is 9.90 Å². The first-order valence-electron chi connectivity index (χ1n) is 4.41. The number of hydrogen-bond acceptors (Lipinski definition) is 3. The van der Waals surface area contributed by atoms with Gasteiger partial charge in [-0.25, -0.2) is 0 Å². The highest BCUT2D eigenvalue weighted by molar-refractivity contribution is 14.1. The molecule has 0 saturated carbocycles. The Morgan fingerprint density at radius 3 is 2.44 bits per heavy atom. The zero-order valence-corrected chi connectivity index (χ0v) is 13.1. The Morgan fingerprint density at radius 2 is 2.00 bits per heavy atom. The first kappa shape index (κ1) is 13.8. The fourth-order valence-corrected chi connectivity index (χ4v) is 3.02. The number of hydrogen-bond donors (Lipinski definition) is 1. The lowest BCUT2D eigenvalue weighted by Gasteiger charge is -2.14. The Labute approximate surface area is 121 Å². The van der Waals surface area contributed by atoms with Crippen LogP contribution < -0.4 is 4.74 Å². The van der Waals surface area contributed by atoms with Gasteiger partial charge in [-0.2, -0.15) is 0 Å². The number of esters is 1. The van der Waals surface area contributed by atoms with E-state index in [1.54, 1.807) is 6.08 Å². The summed E-state index contributed by atoms with van der Waals surface area (Å²) in [5.74, 6) is 0.0973. The number of ether oxygens (including phenoxy) is 1. The van der Waals surface area contributed by atoms with Crippen molar-refractivity contribution in [2.45, 2.75) is 13.8 Å². The Bertz CT molecular complexity index is 467. The van der Waals surface area contributed by atoms with Gasteiger partial charge in [-0.15, -0.1) is 0 Å². The molecule has 0 saturated heterocycles. The molecule has 0 amide bonds. The monoisotopic (exact) mass is 444 g/mol. The van der Waals surface area contributed by atoms with Crippen molar-refractivity contribution >= 4 is 57.2 Å². The highest BCUT2D eigenvalue weighted by Gasteiger charge is 2.19. The highest BCUT2D eigenvalue weighted by Crippen LogP contribution is 2.40. The lowest BCUT2D eigenvalue weighted by atomic mass is 10.1. The van der Waals surface area contributed by atoms with Crippen LogP contribution in [-0.4, -0.2) is 11.1 Å². The molecule has 1 aromatic rings. The predicted molar refractivity (Wildman–Crippen MR) is 79.7 cm³/mol. The third-order valence-electron chi connectivity index (χ3n) is 2.04. The molecule has 0 radical (unpaired) electrons. The number of halogens is 2. The third kappa shape index (κ3) is 2.50. The third-order valence-corrected chi connectivity index (χ3v) is 4.36. The Morgan fingerprint density at radius 1 is 1.44 bits per heavy atom. The molecule has 0 bridgehead atoms. The summed E-state index contributed by atoms with van der Waals surface area (Å²) in [6.07, 6.45) is 1.62. The molecule has 1 aromatic carbocycles. The van der Waals surface area contributed by atoms with Crippen molar-refractivity contribution in [3.8, 4) is 11.5 Å². The number of phenols is 1. The van der Waals surface area contributed by atoms with Crippen molar-refractivity contribution in [2.75, 3.05) is 0 Å². The quantitative estimate of drug-likeness (QED) is 0.432. The Hall–Kier alpha value is -0.310. The van der Waals surface area contributed by atoms with Crippen molar-refractivity contribution in [2.24, 2.45) is 0 Å². The number of rotatable bonds is 2. The van der Waals surface area contributed by atoms with Crippen molar-refractivity contribution in [3.05, 3.63) is 24.8 Å². The molecule has 86 valence electrons. The molecular weight excluding hydrogens is 434 g/mol. The van der Waals surface area contributed by atoms with E-state index in [1.165, 1.54) is 6.92 Å². The minimum absolute atomic E-state index is 0.139. The molecule has 0 atom stereocenters. The number of carbonyl (C=O) groups excluding carboxylic acids is 1. The number of phenolic OH excluding ortho intramolecular Hbond substituents is 1. The van der Waals surface area contributed by atoms with Gasteiger partial charge in [0, 0.05) is 12.5 Å². The summed E-state index contributed by atoms with van der Waals surface area (Å²) < 4.78 is 6.37. The fourth-order valence-electron chi connectivity index (χ4n) is 1.28. The van der Waals surface area contributed by atoms with Crippen LogP contribution in [-0.2, 0) is 4.79 Å². The zero-order valence-electron chi connectivity index (χ0n) is 8.80. The summed E-state index contributed by atoms with van der Waals surface area (Å²) in [6.45, 7) is 6.87. The van der Waals surface area contributed by atoms with E-state index in [4.69, 9.17) is 4.74 Å². The standard InChI is InChI=1S/C11H10I2O3/c1-4-7-5(2)8(12)10(15)9(13)11(7)16-6(3)14/h4,15H,1H2,2-3H3. The highest BCUT2D eigenvalue weighted by atomic mass is 127. The number of carbonyl (C=O) groups is 1. The SMILES string of the molecule is C=Cc1c(C)c(I)c(O)c(I)c1OC(C)=O. The first-order valence-corrected chi connectivity index (χ1v) is 6.57. The van der Waals surface area contributed by atoms with Crippen LogP contribution in [0.2, 0.25) is 0 Å². The van der Waals surface area contributed by atoms with Gasteiger partial charge in [-0.3, -0.25) is 4.79 Å². The van der Waals surface area contributed by atoms with Gasteiger partial charge in [-0.1, -0.05) is 12.7 Å². The lowest BCUT2D eigenvalue weighted by molar-refractivity contribution is -0.131. The smallest absolute Gasteiger partial charge is 0.308 e. The van der Waals surface area contributed by atoms with E-state index < -0.39 is 5.97 Å². The molecule has 16 heavy (non-hydrogen) atoms. The summed E-state index contributed by atoms with van der Waals surface area (Å²) in [4.78, 5) is 11.0. The maximum absolute atomic E-state index is 11.0. The van der Waals surface area contributed by atoms with Gasteiger partial charge in [0.05, 0.1) is 7.14 Å². The maximum atomic E-state index is 11.0. The second-order valence-electron chi connectivity index (χ2n) is 3.14. The van der Waals surface area contributed by atoms with Crippen LogP contribution in [0.4, 0.5) is 0 Å². The van der Waals surface area contributed by atoms with Gasteiger partial charge in [0.1, 0.15) is 5.75 Å². The molecule has 0 aliphatic heterocycles. The molecule has 0 unspecified atom stereocenters. The van der Waals surface area contributed by atoms with E-state index in [1.807, 2.05) is 29.5 Å². The molecular formula is C11H10I2O3. The molecule has 1 rings (SSSR count). The average Bonchev–Trinajstić information content (AvgIpc) is 2.23. The summed E-state index contributed by atoms with van der Waals surface area (Å²) in [5.41, 5.74) is 1.59.